The predicted octanol–water partition coefficient (Wildman–Crippen LogP) is 11.3. The van der Waals surface area contributed by atoms with E-state index in [4.69, 9.17) is 7.16 Å². The topological polar surface area (TPSA) is 38.9 Å². The Morgan fingerprint density at radius 3 is 2.31 bits per heavy atom. The summed E-state index contributed by atoms with van der Waals surface area (Å²) in [6.45, 7) is 7.00. The molecule has 0 bridgehead atoms. The zero-order valence-corrected chi connectivity index (χ0v) is 31.7. The Labute approximate surface area is 308 Å². The third kappa shape index (κ3) is 8.19. The van der Waals surface area contributed by atoms with Crippen LogP contribution >= 0.6 is 0 Å². The molecule has 1 aliphatic rings. The van der Waals surface area contributed by atoms with Crippen molar-refractivity contribution in [3.05, 3.63) is 139 Å². The first-order valence-electron chi connectivity index (χ1n) is 18.0. The first-order valence-corrected chi connectivity index (χ1v) is 20.5. The van der Waals surface area contributed by atoms with Gasteiger partial charge in [0, 0.05) is 40.6 Å². The van der Waals surface area contributed by atoms with Crippen LogP contribution in [0.25, 0.3) is 55.6 Å². The fourth-order valence-electron chi connectivity index (χ4n) is 6.43. The van der Waals surface area contributed by atoms with Crippen LogP contribution in [0.4, 0.5) is 0 Å². The smallest absolute Gasteiger partial charge is 0.121 e. The Bertz CT molecular complexity index is 2210. The van der Waals surface area contributed by atoms with Gasteiger partial charge in [-0.15, -0.1) is 54.1 Å². The number of pyridine rings is 2. The first kappa shape index (κ1) is 32.1. The molecule has 249 valence electrons. The molecule has 0 N–H and O–H groups in total. The van der Waals surface area contributed by atoms with E-state index in [9.17, 15) is 0 Å². The van der Waals surface area contributed by atoms with Gasteiger partial charge in [0.25, 0.3) is 0 Å². The van der Waals surface area contributed by atoms with Gasteiger partial charge in [0.2, 0.25) is 0 Å². The molecule has 8 rings (SSSR count). The molecule has 0 aliphatic heterocycles. The molecule has 0 amide bonds. The molecule has 3 aromatic heterocycles. The number of nitrogens with zero attached hydrogens (tertiary/aromatic N) is 2. The van der Waals surface area contributed by atoms with E-state index in [0.29, 0.717) is 11.3 Å². The van der Waals surface area contributed by atoms with Gasteiger partial charge in [-0.25, -0.2) is 0 Å². The number of rotatable bonds is 6. The van der Waals surface area contributed by atoms with Crippen LogP contribution in [0.1, 0.15) is 40.4 Å². The second kappa shape index (κ2) is 15.6. The summed E-state index contributed by atoms with van der Waals surface area (Å²) in [6.07, 6.45) is 7.68. The van der Waals surface area contributed by atoms with Crippen molar-refractivity contribution in [3.8, 4) is 33.6 Å². The predicted molar refractivity (Wildman–Crippen MR) is 203 cm³/mol. The van der Waals surface area contributed by atoms with Crippen molar-refractivity contribution in [2.75, 3.05) is 0 Å². The maximum atomic E-state index is 8.88. The van der Waals surface area contributed by atoms with Crippen molar-refractivity contribution in [2.24, 2.45) is 5.92 Å². The molecule has 1 aliphatic carbocycles. The van der Waals surface area contributed by atoms with E-state index in [1.54, 1.807) is 6.20 Å². The van der Waals surface area contributed by atoms with E-state index < -0.39 is 14.4 Å². The van der Waals surface area contributed by atoms with Crippen LogP contribution in [0.2, 0.25) is 19.6 Å². The van der Waals surface area contributed by atoms with Crippen molar-refractivity contribution >= 4 is 35.2 Å². The van der Waals surface area contributed by atoms with E-state index in [2.05, 4.69) is 84.2 Å². The van der Waals surface area contributed by atoms with E-state index in [1.165, 1.54) is 11.6 Å². The monoisotopic (exact) mass is 837 g/mol. The Hall–Kier alpha value is -4.15. The number of benzene rings is 4. The van der Waals surface area contributed by atoms with Crippen LogP contribution in [0.3, 0.4) is 0 Å². The van der Waals surface area contributed by atoms with Crippen molar-refractivity contribution < 1.29 is 27.3 Å². The summed E-state index contributed by atoms with van der Waals surface area (Å²) < 4.78 is 24.1. The maximum Gasteiger partial charge on any atom is 0.121 e. The molecule has 1 radical (unpaired) electrons. The Morgan fingerprint density at radius 1 is 0.755 bits per heavy atom. The first-order chi connectivity index (χ1) is 24.2. The van der Waals surface area contributed by atoms with Crippen LogP contribution in [0.15, 0.2) is 126 Å². The molecule has 0 atom stereocenters. The summed E-state index contributed by atoms with van der Waals surface area (Å²) >= 11 is 0. The normalized spacial score (nSPS) is 14.3. The largest absolute Gasteiger partial charge is 0.501 e. The number of furan rings is 1. The van der Waals surface area contributed by atoms with Crippen LogP contribution in [0.5, 0.6) is 0 Å². The molecule has 1 fully saturated rings. The van der Waals surface area contributed by atoms with Gasteiger partial charge in [0.1, 0.15) is 5.58 Å². The molecule has 0 saturated heterocycles. The fraction of sp³-hybridized carbons (Fsp3) is 0.227. The average molecular weight is 837 g/mol. The minimum absolute atomic E-state index is 0. The Morgan fingerprint density at radius 2 is 1.57 bits per heavy atom. The minimum Gasteiger partial charge on any atom is -0.501 e. The molecule has 49 heavy (non-hydrogen) atoms. The van der Waals surface area contributed by atoms with E-state index in [1.807, 2.05) is 72.9 Å². The molecular weight excluding hydrogens is 793 g/mol. The zero-order chi connectivity index (χ0) is 34.7. The molecule has 3 nitrogen and oxygen atoms in total. The SMILES string of the molecule is C[Si](C)(C)c1ccc(-c2[c-]cccc2)nc1.[2H]C([2H])(c1ccnc(-c2[c-]ccc3c2oc2cc(-c4ccccc4)ccc23)c1)C1CCCCC1.[Ir]. The van der Waals surface area contributed by atoms with E-state index in [-0.39, 0.29) is 26.0 Å². The van der Waals surface area contributed by atoms with Gasteiger partial charge in [0.15, 0.2) is 0 Å². The van der Waals surface area contributed by atoms with Gasteiger partial charge in [-0.1, -0.05) is 129 Å². The summed E-state index contributed by atoms with van der Waals surface area (Å²) in [5.41, 5.74) is 8.05. The van der Waals surface area contributed by atoms with Gasteiger partial charge >= 0.3 is 0 Å². The third-order valence-electron chi connectivity index (χ3n) is 9.15. The number of hydrogen-bond acceptors (Lipinski definition) is 3. The molecule has 3 heterocycles. The van der Waals surface area contributed by atoms with Gasteiger partial charge < -0.3 is 14.4 Å². The summed E-state index contributed by atoms with van der Waals surface area (Å²) in [6, 6.07) is 43.0. The maximum absolute atomic E-state index is 8.88. The number of hydrogen-bond donors (Lipinski definition) is 0. The van der Waals surface area contributed by atoms with Gasteiger partial charge in [-0.05, 0) is 52.1 Å². The average Bonchev–Trinajstić information content (AvgIpc) is 3.54. The quantitative estimate of drug-likeness (QED) is 0.124. The second-order valence-corrected chi connectivity index (χ2v) is 18.7. The van der Waals surface area contributed by atoms with E-state index in [0.717, 1.165) is 75.6 Å². The molecule has 5 heteroatoms. The van der Waals surface area contributed by atoms with Crippen molar-refractivity contribution in [3.63, 3.8) is 0 Å². The number of aromatic nitrogens is 2. The standard InChI is InChI=1S/C30H26NO.C14H16NSi.Ir/c1-3-8-21(9-4-1)18-22-16-17-31-28(19-22)27-13-7-12-26-25-15-14-24(20-29(25)32-30(26)27)23-10-5-2-6-11-23;1-16(2,3)13-9-10-14(15-11-13)12-7-5-4-6-8-12;/h2,5-7,10-12,14-17,19-21H,1,3-4,8-9,18H2;4-7,9-11H,1-3H3;/q2*-1;/i18D2;;. The summed E-state index contributed by atoms with van der Waals surface area (Å²) in [5, 5.41) is 3.47. The van der Waals surface area contributed by atoms with Crippen molar-refractivity contribution in [1.82, 2.24) is 9.97 Å². The zero-order valence-electron chi connectivity index (χ0n) is 30.3. The van der Waals surface area contributed by atoms with Gasteiger partial charge in [-0.3, -0.25) is 0 Å². The van der Waals surface area contributed by atoms with Crippen molar-refractivity contribution in [2.45, 2.75) is 58.1 Å². The van der Waals surface area contributed by atoms with E-state index >= 15 is 0 Å². The molecule has 0 spiro atoms. The Balaban J connectivity index is 0.000000222. The van der Waals surface area contributed by atoms with Gasteiger partial charge in [0.05, 0.1) is 13.7 Å². The molecule has 0 unspecified atom stereocenters. The fourth-order valence-corrected chi connectivity index (χ4v) is 7.47. The second-order valence-electron chi connectivity index (χ2n) is 13.6. The van der Waals surface area contributed by atoms with Gasteiger partial charge in [-0.2, -0.15) is 0 Å². The van der Waals surface area contributed by atoms with Crippen LogP contribution in [-0.2, 0) is 26.5 Å². The number of fused-ring (bicyclic) bond motifs is 3. The summed E-state index contributed by atoms with van der Waals surface area (Å²) in [7, 11) is -1.23. The van der Waals surface area contributed by atoms with Crippen LogP contribution in [0, 0.1) is 18.1 Å². The summed E-state index contributed by atoms with van der Waals surface area (Å²) in [4.78, 5) is 9.11. The Kier molecular flexibility index (Phi) is 10.2. The molecule has 4 aromatic carbocycles. The van der Waals surface area contributed by atoms with Crippen LogP contribution < -0.4 is 5.19 Å². The molecule has 1 saturated carbocycles. The third-order valence-corrected chi connectivity index (χ3v) is 11.2. The summed E-state index contributed by atoms with van der Waals surface area (Å²) in [5.74, 6) is 0.0545. The molecule has 7 aromatic rings. The van der Waals surface area contributed by atoms with Crippen molar-refractivity contribution in [1.29, 1.82) is 0 Å². The molecular formula is C44H42IrN2OSi-2. The minimum atomic E-state index is -1.37. The van der Waals surface area contributed by atoms with Crippen LogP contribution in [-0.4, -0.2) is 18.0 Å².